The Morgan fingerprint density at radius 2 is 2.05 bits per heavy atom. The van der Waals surface area contributed by atoms with Crippen molar-refractivity contribution in [2.75, 3.05) is 24.6 Å². The topological polar surface area (TPSA) is 57.6 Å². The maximum atomic E-state index is 12.6. The van der Waals surface area contributed by atoms with E-state index in [0.717, 1.165) is 29.9 Å². The molecule has 0 amide bonds. The SMILES string of the molecule is CCc1ccc(S(=O)(=O)N2CCCSCC2)cc1CO. The van der Waals surface area contributed by atoms with Crippen LogP contribution in [0.25, 0.3) is 0 Å². The number of thioether (sulfide) groups is 1. The van der Waals surface area contributed by atoms with Crippen LogP contribution < -0.4 is 0 Å². The summed E-state index contributed by atoms with van der Waals surface area (Å²) in [6.45, 7) is 3.02. The van der Waals surface area contributed by atoms with Crippen molar-refractivity contribution < 1.29 is 13.5 Å². The van der Waals surface area contributed by atoms with E-state index in [0.29, 0.717) is 23.5 Å². The fraction of sp³-hybridized carbons (Fsp3) is 0.571. The van der Waals surface area contributed by atoms with E-state index in [2.05, 4.69) is 0 Å². The van der Waals surface area contributed by atoms with Crippen molar-refractivity contribution in [2.24, 2.45) is 0 Å². The molecule has 1 aliphatic rings. The minimum Gasteiger partial charge on any atom is -0.392 e. The molecule has 0 atom stereocenters. The largest absolute Gasteiger partial charge is 0.392 e. The number of hydrogen-bond acceptors (Lipinski definition) is 4. The third-order valence-corrected chi connectivity index (χ3v) is 6.49. The molecule has 1 aromatic rings. The normalized spacial score (nSPS) is 17.9. The molecule has 6 heteroatoms. The predicted molar refractivity (Wildman–Crippen MR) is 82.4 cm³/mol. The zero-order valence-corrected chi connectivity index (χ0v) is 13.3. The van der Waals surface area contributed by atoms with E-state index in [9.17, 15) is 13.5 Å². The van der Waals surface area contributed by atoms with Crippen molar-refractivity contribution in [3.05, 3.63) is 29.3 Å². The highest BCUT2D eigenvalue weighted by Crippen LogP contribution is 2.22. The van der Waals surface area contributed by atoms with Crippen molar-refractivity contribution in [1.82, 2.24) is 4.31 Å². The van der Waals surface area contributed by atoms with Crippen molar-refractivity contribution in [2.45, 2.75) is 31.3 Å². The number of hydrogen-bond donors (Lipinski definition) is 1. The van der Waals surface area contributed by atoms with Gasteiger partial charge in [-0.25, -0.2) is 8.42 Å². The van der Waals surface area contributed by atoms with Crippen LogP contribution in [0.2, 0.25) is 0 Å². The molecule has 0 saturated carbocycles. The summed E-state index contributed by atoms with van der Waals surface area (Å²) < 4.78 is 26.9. The standard InChI is InChI=1S/C14H21NO3S2/c1-2-12-4-5-14(10-13(12)11-16)20(17,18)15-6-3-8-19-9-7-15/h4-5,10,16H,2-3,6-9,11H2,1H3. The van der Waals surface area contributed by atoms with Crippen LogP contribution in [-0.2, 0) is 23.1 Å². The van der Waals surface area contributed by atoms with Gasteiger partial charge in [-0.15, -0.1) is 0 Å². The summed E-state index contributed by atoms with van der Waals surface area (Å²) in [5.74, 6) is 1.86. The summed E-state index contributed by atoms with van der Waals surface area (Å²) in [5, 5.41) is 9.38. The van der Waals surface area contributed by atoms with Crippen LogP contribution in [0.15, 0.2) is 23.1 Å². The smallest absolute Gasteiger partial charge is 0.243 e. The van der Waals surface area contributed by atoms with Gasteiger partial charge in [-0.05, 0) is 41.9 Å². The lowest BCUT2D eigenvalue weighted by Gasteiger charge is -2.20. The molecule has 1 aliphatic heterocycles. The van der Waals surface area contributed by atoms with E-state index >= 15 is 0 Å². The van der Waals surface area contributed by atoms with Crippen LogP contribution in [-0.4, -0.2) is 42.4 Å². The van der Waals surface area contributed by atoms with E-state index in [1.807, 2.05) is 13.0 Å². The monoisotopic (exact) mass is 315 g/mol. The first-order chi connectivity index (χ1) is 9.59. The lowest BCUT2D eigenvalue weighted by Crippen LogP contribution is -2.33. The summed E-state index contributed by atoms with van der Waals surface area (Å²) in [6.07, 6.45) is 1.68. The molecular formula is C14H21NO3S2. The first kappa shape index (κ1) is 15.8. The molecule has 0 radical (unpaired) electrons. The number of nitrogens with zero attached hydrogens (tertiary/aromatic N) is 1. The summed E-state index contributed by atoms with van der Waals surface area (Å²) in [5.41, 5.74) is 1.70. The Balaban J connectivity index is 2.33. The third-order valence-electron chi connectivity index (χ3n) is 3.55. The molecular weight excluding hydrogens is 294 g/mol. The van der Waals surface area contributed by atoms with Crippen LogP contribution in [0.4, 0.5) is 0 Å². The summed E-state index contributed by atoms with van der Waals surface area (Å²) in [4.78, 5) is 0.297. The van der Waals surface area contributed by atoms with Gasteiger partial charge in [-0.1, -0.05) is 13.0 Å². The van der Waals surface area contributed by atoms with Crippen LogP contribution in [0.1, 0.15) is 24.5 Å². The zero-order chi connectivity index (χ0) is 14.6. The molecule has 1 N–H and O–H groups in total. The molecule has 0 aliphatic carbocycles. The van der Waals surface area contributed by atoms with Crippen LogP contribution >= 0.6 is 11.8 Å². The van der Waals surface area contributed by atoms with Gasteiger partial charge in [0, 0.05) is 18.8 Å². The highest BCUT2D eigenvalue weighted by atomic mass is 32.2. The van der Waals surface area contributed by atoms with Crippen molar-refractivity contribution in [3.8, 4) is 0 Å². The molecule has 20 heavy (non-hydrogen) atoms. The van der Waals surface area contributed by atoms with Crippen molar-refractivity contribution in [3.63, 3.8) is 0 Å². The van der Waals surface area contributed by atoms with E-state index in [4.69, 9.17) is 0 Å². The van der Waals surface area contributed by atoms with Crippen LogP contribution in [0.5, 0.6) is 0 Å². The second-order valence-corrected chi connectivity index (χ2v) is 7.97. The fourth-order valence-corrected chi connectivity index (χ4v) is 4.90. The second kappa shape index (κ2) is 6.93. The Kier molecular flexibility index (Phi) is 5.49. The lowest BCUT2D eigenvalue weighted by atomic mass is 10.1. The van der Waals surface area contributed by atoms with Crippen molar-refractivity contribution >= 4 is 21.8 Å². The predicted octanol–water partition coefficient (Wildman–Crippen LogP) is 1.87. The molecule has 1 fully saturated rings. The molecule has 0 aromatic heterocycles. The fourth-order valence-electron chi connectivity index (χ4n) is 2.37. The second-order valence-electron chi connectivity index (χ2n) is 4.81. The molecule has 1 heterocycles. The molecule has 0 spiro atoms. The summed E-state index contributed by atoms with van der Waals surface area (Å²) in [6, 6.07) is 5.09. The Labute approximate surface area is 125 Å². The van der Waals surface area contributed by atoms with Gasteiger partial charge >= 0.3 is 0 Å². The maximum Gasteiger partial charge on any atom is 0.243 e. The zero-order valence-electron chi connectivity index (χ0n) is 11.7. The molecule has 1 aromatic carbocycles. The Bertz CT molecular complexity index is 550. The molecule has 4 nitrogen and oxygen atoms in total. The van der Waals surface area contributed by atoms with Crippen molar-refractivity contribution in [1.29, 1.82) is 0 Å². The van der Waals surface area contributed by atoms with E-state index in [1.165, 1.54) is 0 Å². The van der Waals surface area contributed by atoms with Crippen LogP contribution in [0.3, 0.4) is 0 Å². The molecule has 0 unspecified atom stereocenters. The number of rotatable bonds is 4. The highest BCUT2D eigenvalue weighted by Gasteiger charge is 2.25. The van der Waals surface area contributed by atoms with Gasteiger partial charge in [0.25, 0.3) is 0 Å². The summed E-state index contributed by atoms with van der Waals surface area (Å²) >= 11 is 1.80. The molecule has 0 bridgehead atoms. The number of aryl methyl sites for hydroxylation is 1. The highest BCUT2D eigenvalue weighted by molar-refractivity contribution is 7.99. The van der Waals surface area contributed by atoms with Gasteiger partial charge in [-0.3, -0.25) is 0 Å². The van der Waals surface area contributed by atoms with Gasteiger partial charge in [-0.2, -0.15) is 16.1 Å². The molecule has 1 saturated heterocycles. The van der Waals surface area contributed by atoms with Gasteiger partial charge in [0.1, 0.15) is 0 Å². The van der Waals surface area contributed by atoms with Gasteiger partial charge < -0.3 is 5.11 Å². The van der Waals surface area contributed by atoms with E-state index < -0.39 is 10.0 Å². The Morgan fingerprint density at radius 1 is 1.25 bits per heavy atom. The number of benzene rings is 1. The maximum absolute atomic E-state index is 12.6. The minimum absolute atomic E-state index is 0.123. The molecule has 112 valence electrons. The number of sulfonamides is 1. The van der Waals surface area contributed by atoms with Gasteiger partial charge in [0.15, 0.2) is 0 Å². The third kappa shape index (κ3) is 3.36. The van der Waals surface area contributed by atoms with Gasteiger partial charge in [0.05, 0.1) is 11.5 Å². The summed E-state index contributed by atoms with van der Waals surface area (Å²) in [7, 11) is -3.43. The van der Waals surface area contributed by atoms with E-state index in [-0.39, 0.29) is 6.61 Å². The average Bonchev–Trinajstić information content (AvgIpc) is 2.76. The molecule has 2 rings (SSSR count). The quantitative estimate of drug-likeness (QED) is 0.921. The average molecular weight is 315 g/mol. The van der Waals surface area contributed by atoms with E-state index in [1.54, 1.807) is 28.2 Å². The van der Waals surface area contributed by atoms with Crippen LogP contribution in [0, 0.1) is 0 Å². The minimum atomic E-state index is -3.43. The Hall–Kier alpha value is -0.560. The number of aliphatic hydroxyl groups is 1. The first-order valence-corrected chi connectivity index (χ1v) is 9.49. The van der Waals surface area contributed by atoms with Gasteiger partial charge in [0.2, 0.25) is 10.0 Å². The first-order valence-electron chi connectivity index (χ1n) is 6.90. The number of aliphatic hydroxyl groups excluding tert-OH is 1. The lowest BCUT2D eigenvalue weighted by molar-refractivity contribution is 0.280. The Morgan fingerprint density at radius 3 is 2.75 bits per heavy atom.